The Morgan fingerprint density at radius 1 is 1.33 bits per heavy atom. The summed E-state index contributed by atoms with van der Waals surface area (Å²) in [5.74, 6) is -1.58. The molecule has 0 aliphatic carbocycles. The predicted octanol–water partition coefficient (Wildman–Crippen LogP) is 5.37. The summed E-state index contributed by atoms with van der Waals surface area (Å²) in [6.45, 7) is 1.64. The van der Waals surface area contributed by atoms with Crippen molar-refractivity contribution in [2.75, 3.05) is 0 Å². The van der Waals surface area contributed by atoms with Gasteiger partial charge in [-0.3, -0.25) is 0 Å². The maximum Gasteiger partial charge on any atom is 0.573 e. The molecule has 0 spiro atoms. The number of H-pyrrole nitrogens is 1. The minimum atomic E-state index is -4.79. The van der Waals surface area contributed by atoms with Crippen molar-refractivity contribution in [3.63, 3.8) is 0 Å². The van der Waals surface area contributed by atoms with Crippen molar-refractivity contribution in [3.8, 4) is 5.75 Å². The Kier molecular flexibility index (Phi) is 4.96. The molecule has 0 aliphatic rings. The molecule has 2 N–H and O–H groups in total. The average Bonchev–Trinajstić information content (AvgIpc) is 2.92. The smallest absolute Gasteiger partial charge is 0.478 e. The Hall–Kier alpha value is -2.45. The molecule has 2 heterocycles. The van der Waals surface area contributed by atoms with Gasteiger partial charge in [-0.1, -0.05) is 23.2 Å². The monoisotopic (exact) mass is 418 g/mol. The number of pyridine rings is 1. The van der Waals surface area contributed by atoms with Crippen molar-refractivity contribution in [2.45, 2.75) is 19.7 Å². The molecule has 0 saturated heterocycles. The minimum absolute atomic E-state index is 0.0356. The molecule has 5 nitrogen and oxygen atoms in total. The lowest BCUT2D eigenvalue weighted by Crippen LogP contribution is -2.17. The number of hydrogen-bond donors (Lipinski definition) is 2. The van der Waals surface area contributed by atoms with Gasteiger partial charge in [0.05, 0.1) is 10.6 Å². The lowest BCUT2D eigenvalue weighted by molar-refractivity contribution is -0.274. The number of carbonyl (C=O) groups is 1. The maximum atomic E-state index is 12.4. The summed E-state index contributed by atoms with van der Waals surface area (Å²) < 4.78 is 41.3. The third kappa shape index (κ3) is 3.96. The van der Waals surface area contributed by atoms with E-state index in [9.17, 15) is 18.0 Å². The highest BCUT2D eigenvalue weighted by Gasteiger charge is 2.31. The van der Waals surface area contributed by atoms with Gasteiger partial charge < -0.3 is 14.8 Å². The second kappa shape index (κ2) is 6.94. The van der Waals surface area contributed by atoms with Gasteiger partial charge in [-0.2, -0.15) is 0 Å². The Balaban J connectivity index is 2.05. The highest BCUT2D eigenvalue weighted by Crippen LogP contribution is 2.34. The van der Waals surface area contributed by atoms with Gasteiger partial charge in [0.15, 0.2) is 0 Å². The minimum Gasteiger partial charge on any atom is -0.478 e. The van der Waals surface area contributed by atoms with Crippen LogP contribution in [0.25, 0.3) is 10.9 Å². The van der Waals surface area contributed by atoms with Crippen molar-refractivity contribution in [1.82, 2.24) is 9.97 Å². The van der Waals surface area contributed by atoms with E-state index in [1.165, 1.54) is 12.1 Å². The van der Waals surface area contributed by atoms with Gasteiger partial charge >= 0.3 is 12.3 Å². The Morgan fingerprint density at radius 2 is 2.04 bits per heavy atom. The largest absolute Gasteiger partial charge is 0.573 e. The summed E-state index contributed by atoms with van der Waals surface area (Å²) in [5, 5.41) is 9.85. The van der Waals surface area contributed by atoms with Gasteiger partial charge in [-0.05, 0) is 24.1 Å². The van der Waals surface area contributed by atoms with E-state index in [0.717, 1.165) is 6.20 Å². The normalized spacial score (nSPS) is 11.8. The zero-order valence-corrected chi connectivity index (χ0v) is 15.1. The van der Waals surface area contributed by atoms with Gasteiger partial charge in [0.25, 0.3) is 0 Å². The first kappa shape index (κ1) is 19.3. The van der Waals surface area contributed by atoms with Crippen molar-refractivity contribution in [2.24, 2.45) is 0 Å². The first-order chi connectivity index (χ1) is 12.6. The topological polar surface area (TPSA) is 75.2 Å². The number of fused-ring (bicyclic) bond motifs is 1. The first-order valence-corrected chi connectivity index (χ1v) is 8.25. The van der Waals surface area contributed by atoms with Gasteiger partial charge in [-0.15, -0.1) is 13.2 Å². The third-order valence-electron chi connectivity index (χ3n) is 3.92. The first-order valence-electron chi connectivity index (χ1n) is 7.49. The van der Waals surface area contributed by atoms with Crippen LogP contribution in [-0.2, 0) is 6.42 Å². The highest BCUT2D eigenvalue weighted by atomic mass is 35.5. The Bertz CT molecular complexity index is 1050. The van der Waals surface area contributed by atoms with Crippen LogP contribution in [0.4, 0.5) is 13.2 Å². The summed E-state index contributed by atoms with van der Waals surface area (Å²) in [6.07, 6.45) is -1.99. The number of hydrogen-bond acceptors (Lipinski definition) is 3. The standard InChI is InChI=1S/C17H11Cl2F3N2O3/c1-7-2-9(27-17(20,21)22)4-12-13(7)8(5-23-12)3-10-14(18)11(16(25)26)6-24-15(10)19/h2,4-6,23H,3H2,1H3,(H,25,26). The average molecular weight is 419 g/mol. The fourth-order valence-corrected chi connectivity index (χ4v) is 3.41. The van der Waals surface area contributed by atoms with Crippen LogP contribution >= 0.6 is 23.2 Å². The van der Waals surface area contributed by atoms with E-state index < -0.39 is 12.3 Å². The van der Waals surface area contributed by atoms with Crippen LogP contribution in [0.1, 0.15) is 27.0 Å². The maximum absolute atomic E-state index is 12.4. The zero-order valence-electron chi connectivity index (χ0n) is 13.6. The number of aromatic nitrogens is 2. The number of aryl methyl sites for hydroxylation is 1. The van der Waals surface area contributed by atoms with E-state index in [1.807, 2.05) is 0 Å². The molecule has 0 fully saturated rings. The quantitative estimate of drug-likeness (QED) is 0.558. The second-order valence-corrected chi connectivity index (χ2v) is 6.50. The number of nitrogens with zero attached hydrogens (tertiary/aromatic N) is 1. The summed E-state index contributed by atoms with van der Waals surface area (Å²) in [7, 11) is 0. The van der Waals surface area contributed by atoms with Crippen molar-refractivity contribution >= 4 is 40.1 Å². The van der Waals surface area contributed by atoms with E-state index in [0.29, 0.717) is 27.6 Å². The molecular formula is C17H11Cl2F3N2O3. The molecule has 0 atom stereocenters. The zero-order chi connectivity index (χ0) is 19.9. The van der Waals surface area contributed by atoms with Crippen LogP contribution in [0.5, 0.6) is 5.75 Å². The molecule has 142 valence electrons. The molecule has 27 heavy (non-hydrogen) atoms. The van der Waals surface area contributed by atoms with Crippen molar-refractivity contribution < 1.29 is 27.8 Å². The second-order valence-electron chi connectivity index (χ2n) is 5.76. The molecule has 0 bridgehead atoms. The summed E-state index contributed by atoms with van der Waals surface area (Å²) in [6, 6.07) is 2.50. The van der Waals surface area contributed by atoms with Gasteiger partial charge in [0.1, 0.15) is 10.9 Å². The molecule has 0 radical (unpaired) electrons. The lowest BCUT2D eigenvalue weighted by atomic mass is 10.0. The predicted molar refractivity (Wildman–Crippen MR) is 93.7 cm³/mol. The van der Waals surface area contributed by atoms with Crippen molar-refractivity contribution in [1.29, 1.82) is 0 Å². The molecule has 0 saturated carbocycles. The number of benzene rings is 1. The summed E-state index contributed by atoms with van der Waals surface area (Å²) in [4.78, 5) is 18.0. The van der Waals surface area contributed by atoms with Crippen LogP contribution in [0.15, 0.2) is 24.5 Å². The number of halogens is 5. The van der Waals surface area contributed by atoms with Gasteiger partial charge in [-0.25, -0.2) is 9.78 Å². The number of ether oxygens (including phenoxy) is 1. The van der Waals surface area contributed by atoms with E-state index in [4.69, 9.17) is 28.3 Å². The molecular weight excluding hydrogens is 408 g/mol. The van der Waals surface area contributed by atoms with Crippen molar-refractivity contribution in [3.05, 3.63) is 57.0 Å². The van der Waals surface area contributed by atoms with Gasteiger partial charge in [0, 0.05) is 41.3 Å². The number of alkyl halides is 3. The Labute approximate surface area is 160 Å². The Morgan fingerprint density at radius 3 is 2.67 bits per heavy atom. The van der Waals surface area contributed by atoms with E-state index in [-0.39, 0.29) is 27.9 Å². The number of carboxylic acid groups (broad SMARTS) is 1. The number of rotatable bonds is 4. The van der Waals surface area contributed by atoms with E-state index in [2.05, 4.69) is 14.7 Å². The SMILES string of the molecule is Cc1cc(OC(F)(F)F)cc2[nH]cc(Cc3c(Cl)ncc(C(=O)O)c3Cl)c12. The number of aromatic amines is 1. The summed E-state index contributed by atoms with van der Waals surface area (Å²) >= 11 is 12.2. The molecule has 1 aromatic carbocycles. The van der Waals surface area contributed by atoms with Crippen LogP contribution in [0.3, 0.4) is 0 Å². The molecule has 3 rings (SSSR count). The number of carboxylic acids is 1. The van der Waals surface area contributed by atoms with E-state index >= 15 is 0 Å². The van der Waals surface area contributed by atoms with Gasteiger partial charge in [0.2, 0.25) is 0 Å². The fraction of sp³-hybridized carbons (Fsp3) is 0.176. The molecule has 0 unspecified atom stereocenters. The van der Waals surface area contributed by atoms with Crippen LogP contribution < -0.4 is 4.74 Å². The molecule has 0 amide bonds. The number of aromatic carboxylic acids is 1. The lowest BCUT2D eigenvalue weighted by Gasteiger charge is -2.11. The molecule has 3 aromatic rings. The molecule has 0 aliphatic heterocycles. The number of nitrogens with one attached hydrogen (secondary N) is 1. The highest BCUT2D eigenvalue weighted by molar-refractivity contribution is 6.37. The molecule has 2 aromatic heterocycles. The van der Waals surface area contributed by atoms with Crippen LogP contribution in [0, 0.1) is 6.92 Å². The van der Waals surface area contributed by atoms with Crippen LogP contribution in [-0.4, -0.2) is 27.4 Å². The third-order valence-corrected chi connectivity index (χ3v) is 4.68. The molecule has 10 heteroatoms. The van der Waals surface area contributed by atoms with E-state index in [1.54, 1.807) is 13.1 Å². The fourth-order valence-electron chi connectivity index (χ4n) is 2.86. The summed E-state index contributed by atoms with van der Waals surface area (Å²) in [5.41, 5.74) is 1.77. The van der Waals surface area contributed by atoms with Crippen LogP contribution in [0.2, 0.25) is 10.2 Å².